The van der Waals surface area contributed by atoms with Crippen LogP contribution in [0.15, 0.2) is 48.8 Å². The van der Waals surface area contributed by atoms with E-state index in [1.54, 1.807) is 6.33 Å². The van der Waals surface area contributed by atoms with E-state index < -0.39 is 17.4 Å². The third-order valence-corrected chi connectivity index (χ3v) is 5.74. The zero-order valence-electron chi connectivity index (χ0n) is 17.4. The first-order valence-electron chi connectivity index (χ1n) is 10.0. The van der Waals surface area contributed by atoms with Gasteiger partial charge in [0, 0.05) is 31.9 Å². The lowest BCUT2D eigenvalue weighted by Crippen LogP contribution is -2.57. The summed E-state index contributed by atoms with van der Waals surface area (Å²) in [5.74, 6) is 0. The number of likely N-dealkylation sites (N-methyl/N-ethyl adjacent to an activating group) is 1. The number of fused-ring (bicyclic) bond motifs is 1. The molecule has 30 heavy (non-hydrogen) atoms. The molecule has 160 valence electrons. The van der Waals surface area contributed by atoms with E-state index in [-0.39, 0.29) is 0 Å². The van der Waals surface area contributed by atoms with Gasteiger partial charge in [-0.15, -0.1) is 0 Å². The molecular weight excluding hydrogens is 391 g/mol. The Hall–Kier alpha value is -2.58. The first-order chi connectivity index (χ1) is 14.1. The Labute approximate surface area is 174 Å². The maximum atomic E-state index is 13.6. The van der Waals surface area contributed by atoms with Gasteiger partial charge in [-0.1, -0.05) is 18.2 Å². The number of imidazole rings is 1. The molecule has 0 unspecified atom stereocenters. The van der Waals surface area contributed by atoms with Crippen LogP contribution in [0.2, 0.25) is 0 Å². The molecule has 1 fully saturated rings. The van der Waals surface area contributed by atoms with Gasteiger partial charge in [-0.2, -0.15) is 13.2 Å². The molecule has 3 aromatic rings. The van der Waals surface area contributed by atoms with Crippen molar-refractivity contribution in [1.82, 2.24) is 19.4 Å². The molecule has 1 N–H and O–H groups in total. The normalized spacial score (nSPS) is 16.9. The third kappa shape index (κ3) is 4.02. The Bertz CT molecular complexity index is 1020. The van der Waals surface area contributed by atoms with Gasteiger partial charge in [0.05, 0.1) is 27.9 Å². The summed E-state index contributed by atoms with van der Waals surface area (Å²) in [7, 11) is 2.08. The summed E-state index contributed by atoms with van der Waals surface area (Å²) < 4.78 is 42.6. The predicted octanol–water partition coefficient (Wildman–Crippen LogP) is 4.44. The fourth-order valence-electron chi connectivity index (χ4n) is 3.97. The summed E-state index contributed by atoms with van der Waals surface area (Å²) >= 11 is 0. The summed E-state index contributed by atoms with van der Waals surface area (Å²) in [4.78, 5) is 8.80. The second kappa shape index (κ2) is 7.59. The minimum absolute atomic E-state index is 0.311. The van der Waals surface area contributed by atoms with E-state index in [4.69, 9.17) is 0 Å². The number of aromatic nitrogens is 2. The molecule has 0 saturated carbocycles. The second-order valence-electron chi connectivity index (χ2n) is 8.31. The van der Waals surface area contributed by atoms with E-state index in [9.17, 15) is 13.2 Å². The molecule has 0 amide bonds. The van der Waals surface area contributed by atoms with Crippen molar-refractivity contribution >= 4 is 16.7 Å². The van der Waals surface area contributed by atoms with E-state index in [1.165, 1.54) is 6.07 Å². The molecule has 0 radical (unpaired) electrons. The zero-order valence-corrected chi connectivity index (χ0v) is 17.4. The lowest BCUT2D eigenvalue weighted by atomic mass is 10.1. The Kier molecular flexibility index (Phi) is 5.23. The topological polar surface area (TPSA) is 36.3 Å². The van der Waals surface area contributed by atoms with E-state index in [0.717, 1.165) is 37.9 Å². The molecule has 2 aromatic carbocycles. The van der Waals surface area contributed by atoms with Crippen LogP contribution in [0.3, 0.4) is 0 Å². The SMILES string of the molecule is CN1CCN(C(C)(C)Nc2cc(C(F)(F)F)cc3ncn(-c4ccccc4)c23)CC1. The van der Waals surface area contributed by atoms with Crippen molar-refractivity contribution in [3.8, 4) is 5.69 Å². The fourth-order valence-corrected chi connectivity index (χ4v) is 3.97. The highest BCUT2D eigenvalue weighted by atomic mass is 19.4. The molecule has 1 saturated heterocycles. The van der Waals surface area contributed by atoms with Crippen LogP contribution in [0, 0.1) is 0 Å². The summed E-state index contributed by atoms with van der Waals surface area (Å²) in [5.41, 5.74) is 0.988. The van der Waals surface area contributed by atoms with Crippen LogP contribution in [-0.4, -0.2) is 58.2 Å². The average Bonchev–Trinajstić information content (AvgIpc) is 3.12. The molecule has 1 aliphatic rings. The molecule has 2 heterocycles. The quantitative estimate of drug-likeness (QED) is 0.681. The number of rotatable bonds is 4. The van der Waals surface area contributed by atoms with Crippen molar-refractivity contribution in [1.29, 1.82) is 0 Å². The van der Waals surface area contributed by atoms with Crippen molar-refractivity contribution in [2.24, 2.45) is 0 Å². The van der Waals surface area contributed by atoms with Crippen LogP contribution < -0.4 is 5.32 Å². The van der Waals surface area contributed by atoms with Gasteiger partial charge < -0.3 is 10.2 Å². The minimum atomic E-state index is -4.45. The molecule has 5 nitrogen and oxygen atoms in total. The Morgan fingerprint density at radius 2 is 1.63 bits per heavy atom. The molecule has 0 atom stereocenters. The van der Waals surface area contributed by atoms with Crippen LogP contribution in [0.1, 0.15) is 19.4 Å². The molecule has 1 aromatic heterocycles. The van der Waals surface area contributed by atoms with E-state index in [2.05, 4.69) is 27.1 Å². The number of piperazine rings is 1. The number of alkyl halides is 3. The standard InChI is InChI=1S/C22H26F3N5/c1-21(2,29-11-9-28(3)10-12-29)27-19-14-16(22(23,24)25)13-18-20(19)30(15-26-18)17-7-5-4-6-8-17/h4-8,13-15,27H,9-12H2,1-3H3. The summed E-state index contributed by atoms with van der Waals surface area (Å²) in [6, 6.07) is 11.8. The number of halogens is 3. The Morgan fingerprint density at radius 3 is 2.27 bits per heavy atom. The highest BCUT2D eigenvalue weighted by molar-refractivity contribution is 5.91. The van der Waals surface area contributed by atoms with E-state index in [1.807, 2.05) is 48.7 Å². The van der Waals surface area contributed by atoms with Crippen LogP contribution in [0.4, 0.5) is 18.9 Å². The van der Waals surface area contributed by atoms with E-state index in [0.29, 0.717) is 16.7 Å². The van der Waals surface area contributed by atoms with Crippen molar-refractivity contribution in [3.63, 3.8) is 0 Å². The van der Waals surface area contributed by atoms with Crippen molar-refractivity contribution in [2.45, 2.75) is 25.7 Å². The van der Waals surface area contributed by atoms with Gasteiger partial charge in [0.25, 0.3) is 0 Å². The lowest BCUT2D eigenvalue weighted by Gasteiger charge is -2.44. The van der Waals surface area contributed by atoms with Crippen LogP contribution in [-0.2, 0) is 6.18 Å². The highest BCUT2D eigenvalue weighted by Crippen LogP contribution is 2.37. The number of benzene rings is 2. The molecule has 1 aliphatic heterocycles. The average molecular weight is 417 g/mol. The summed E-state index contributed by atoms with van der Waals surface area (Å²) in [6.07, 6.45) is -2.87. The van der Waals surface area contributed by atoms with Gasteiger partial charge >= 0.3 is 6.18 Å². The smallest absolute Gasteiger partial charge is 0.366 e. The van der Waals surface area contributed by atoms with Crippen LogP contribution >= 0.6 is 0 Å². The third-order valence-electron chi connectivity index (χ3n) is 5.74. The predicted molar refractivity (Wildman–Crippen MR) is 113 cm³/mol. The number of anilines is 1. The monoisotopic (exact) mass is 417 g/mol. The van der Waals surface area contributed by atoms with Gasteiger partial charge in [0.2, 0.25) is 0 Å². The second-order valence-corrected chi connectivity index (χ2v) is 8.31. The number of nitrogens with one attached hydrogen (secondary N) is 1. The lowest BCUT2D eigenvalue weighted by molar-refractivity contribution is -0.137. The van der Waals surface area contributed by atoms with Crippen LogP contribution in [0.25, 0.3) is 16.7 Å². The van der Waals surface area contributed by atoms with Crippen LogP contribution in [0.5, 0.6) is 0 Å². The van der Waals surface area contributed by atoms with Gasteiger partial charge in [-0.3, -0.25) is 9.47 Å². The number of hydrogen-bond donors (Lipinski definition) is 1. The molecular formula is C22H26F3N5. The van der Waals surface area contributed by atoms with Crippen molar-refractivity contribution in [3.05, 3.63) is 54.4 Å². The van der Waals surface area contributed by atoms with Gasteiger partial charge in [-0.25, -0.2) is 4.98 Å². The molecule has 8 heteroatoms. The van der Waals surface area contributed by atoms with Crippen molar-refractivity contribution < 1.29 is 13.2 Å². The largest absolute Gasteiger partial charge is 0.416 e. The summed E-state index contributed by atoms with van der Waals surface area (Å²) in [6.45, 7) is 7.55. The number of hydrogen-bond acceptors (Lipinski definition) is 4. The van der Waals surface area contributed by atoms with E-state index >= 15 is 0 Å². The van der Waals surface area contributed by atoms with Gasteiger partial charge in [-0.05, 0) is 45.2 Å². The highest BCUT2D eigenvalue weighted by Gasteiger charge is 2.34. The Balaban J connectivity index is 1.80. The van der Waals surface area contributed by atoms with Gasteiger partial charge in [0.15, 0.2) is 0 Å². The first-order valence-corrected chi connectivity index (χ1v) is 10.0. The Morgan fingerprint density at radius 1 is 0.967 bits per heavy atom. The fraction of sp³-hybridized carbons (Fsp3) is 0.409. The molecule has 0 bridgehead atoms. The van der Waals surface area contributed by atoms with Gasteiger partial charge in [0.1, 0.15) is 6.33 Å². The summed E-state index contributed by atoms with van der Waals surface area (Å²) in [5, 5.41) is 3.40. The maximum absolute atomic E-state index is 13.6. The zero-order chi connectivity index (χ0) is 21.5. The minimum Gasteiger partial charge on any atom is -0.366 e. The van der Waals surface area contributed by atoms with Crippen molar-refractivity contribution in [2.75, 3.05) is 38.5 Å². The maximum Gasteiger partial charge on any atom is 0.416 e. The molecule has 0 spiro atoms. The number of para-hydroxylation sites is 1. The first kappa shape index (κ1) is 20.7. The number of nitrogens with zero attached hydrogens (tertiary/aromatic N) is 4. The molecule has 4 rings (SSSR count). The molecule has 0 aliphatic carbocycles.